The van der Waals surface area contributed by atoms with Gasteiger partial charge < -0.3 is 9.84 Å². The molecule has 0 fully saturated rings. The van der Waals surface area contributed by atoms with Crippen LogP contribution in [0.5, 0.6) is 0 Å². The molecular weight excluding hydrogens is 160 g/mol. The average molecular weight is 174 g/mol. The first-order valence-electron chi connectivity index (χ1n) is 3.88. The van der Waals surface area contributed by atoms with Gasteiger partial charge in [0.25, 0.3) is 0 Å². The third-order valence-electron chi connectivity index (χ3n) is 1.39. The smallest absolute Gasteiger partial charge is 0.313 e. The molecule has 0 spiro atoms. The molecule has 0 aliphatic rings. The molecule has 0 amide bonds. The number of ether oxygens (including phenoxy) is 1. The average Bonchev–Trinajstić information content (AvgIpc) is 1.84. The summed E-state index contributed by atoms with van der Waals surface area (Å²) >= 11 is 0. The van der Waals surface area contributed by atoms with Gasteiger partial charge in [-0.15, -0.1) is 0 Å². The summed E-state index contributed by atoms with van der Waals surface area (Å²) in [6.45, 7) is 3.06. The predicted molar refractivity (Wildman–Crippen MR) is 42.3 cm³/mol. The molecule has 0 radical (unpaired) electrons. The van der Waals surface area contributed by atoms with Gasteiger partial charge in [0.2, 0.25) is 0 Å². The van der Waals surface area contributed by atoms with Crippen LogP contribution in [0.2, 0.25) is 0 Å². The van der Waals surface area contributed by atoms with Crippen LogP contribution in [0.15, 0.2) is 0 Å². The highest BCUT2D eigenvalue weighted by molar-refractivity contribution is 5.84. The molecular formula is C8H14O4. The van der Waals surface area contributed by atoms with Crippen molar-refractivity contribution in [2.75, 3.05) is 6.61 Å². The van der Waals surface area contributed by atoms with Gasteiger partial charge in [-0.05, 0) is 12.3 Å². The van der Waals surface area contributed by atoms with E-state index in [1.165, 1.54) is 6.92 Å². The van der Waals surface area contributed by atoms with Crippen LogP contribution in [0, 0.1) is 5.92 Å². The zero-order chi connectivity index (χ0) is 9.56. The molecule has 0 bridgehead atoms. The van der Waals surface area contributed by atoms with Crippen LogP contribution in [-0.4, -0.2) is 23.7 Å². The van der Waals surface area contributed by atoms with Crippen LogP contribution in [0.4, 0.5) is 0 Å². The summed E-state index contributed by atoms with van der Waals surface area (Å²) < 4.78 is 4.31. The molecule has 0 aromatic rings. The van der Waals surface area contributed by atoms with E-state index in [2.05, 4.69) is 4.74 Å². The second kappa shape index (κ2) is 5.71. The van der Waals surface area contributed by atoms with E-state index in [9.17, 15) is 9.59 Å². The minimum atomic E-state index is -0.587. The van der Waals surface area contributed by atoms with Crippen LogP contribution in [-0.2, 0) is 14.3 Å². The SMILES string of the molecule is CC(=O)OC(=O)CC(C)CCO. The first-order valence-corrected chi connectivity index (χ1v) is 3.88. The Morgan fingerprint density at radius 3 is 2.50 bits per heavy atom. The fraction of sp³-hybridized carbons (Fsp3) is 0.750. The van der Waals surface area contributed by atoms with Crippen LogP contribution in [0.25, 0.3) is 0 Å². The maximum Gasteiger partial charge on any atom is 0.313 e. The van der Waals surface area contributed by atoms with E-state index in [1.54, 1.807) is 0 Å². The van der Waals surface area contributed by atoms with Crippen molar-refractivity contribution in [1.29, 1.82) is 0 Å². The van der Waals surface area contributed by atoms with Gasteiger partial charge in [0.05, 0.1) is 0 Å². The summed E-state index contributed by atoms with van der Waals surface area (Å²) in [5.74, 6) is -1.05. The van der Waals surface area contributed by atoms with Gasteiger partial charge in [0.15, 0.2) is 0 Å². The number of carbonyl (C=O) groups excluding carboxylic acids is 2. The Kier molecular flexibility index (Phi) is 5.28. The van der Waals surface area contributed by atoms with E-state index in [0.717, 1.165) is 0 Å². The number of aliphatic hydroxyl groups is 1. The number of hydrogen-bond acceptors (Lipinski definition) is 4. The van der Waals surface area contributed by atoms with E-state index < -0.39 is 11.9 Å². The molecule has 1 atom stereocenters. The topological polar surface area (TPSA) is 63.6 Å². The summed E-state index contributed by atoms with van der Waals surface area (Å²) in [7, 11) is 0. The monoisotopic (exact) mass is 174 g/mol. The van der Waals surface area contributed by atoms with Gasteiger partial charge in [0.1, 0.15) is 0 Å². The van der Waals surface area contributed by atoms with Crippen LogP contribution in [0.3, 0.4) is 0 Å². The van der Waals surface area contributed by atoms with Crippen molar-refractivity contribution in [2.45, 2.75) is 26.7 Å². The lowest BCUT2D eigenvalue weighted by Gasteiger charge is -2.06. The van der Waals surface area contributed by atoms with E-state index in [4.69, 9.17) is 5.11 Å². The van der Waals surface area contributed by atoms with Crippen molar-refractivity contribution in [1.82, 2.24) is 0 Å². The molecule has 0 saturated carbocycles. The van der Waals surface area contributed by atoms with Gasteiger partial charge >= 0.3 is 11.9 Å². The third-order valence-corrected chi connectivity index (χ3v) is 1.39. The lowest BCUT2D eigenvalue weighted by molar-refractivity contribution is -0.158. The maximum absolute atomic E-state index is 10.8. The second-order valence-corrected chi connectivity index (χ2v) is 2.79. The molecule has 1 unspecified atom stereocenters. The van der Waals surface area contributed by atoms with Gasteiger partial charge in [-0.25, -0.2) is 0 Å². The molecule has 0 saturated heterocycles. The molecule has 0 heterocycles. The minimum Gasteiger partial charge on any atom is -0.396 e. The normalized spacial score (nSPS) is 12.2. The second-order valence-electron chi connectivity index (χ2n) is 2.79. The molecule has 0 aromatic heterocycles. The quantitative estimate of drug-likeness (QED) is 0.497. The number of carbonyl (C=O) groups is 2. The minimum absolute atomic E-state index is 0.0501. The molecule has 12 heavy (non-hydrogen) atoms. The zero-order valence-corrected chi connectivity index (χ0v) is 7.37. The molecule has 0 aromatic carbocycles. The van der Waals surface area contributed by atoms with Gasteiger partial charge in [-0.2, -0.15) is 0 Å². The van der Waals surface area contributed by atoms with Crippen molar-refractivity contribution in [2.24, 2.45) is 5.92 Å². The standard InChI is InChI=1S/C8H14O4/c1-6(3-4-9)5-8(11)12-7(2)10/h6,9H,3-5H2,1-2H3. The van der Waals surface area contributed by atoms with E-state index >= 15 is 0 Å². The van der Waals surface area contributed by atoms with Gasteiger partial charge in [0, 0.05) is 20.0 Å². The van der Waals surface area contributed by atoms with Crippen LogP contribution < -0.4 is 0 Å². The Balaban J connectivity index is 3.61. The predicted octanol–water partition coefficient (Wildman–Crippen LogP) is 0.485. The van der Waals surface area contributed by atoms with Crippen molar-refractivity contribution < 1.29 is 19.4 Å². The van der Waals surface area contributed by atoms with Crippen LogP contribution in [0.1, 0.15) is 26.7 Å². The lowest BCUT2D eigenvalue weighted by atomic mass is 10.1. The maximum atomic E-state index is 10.8. The fourth-order valence-electron chi connectivity index (χ4n) is 0.809. The summed E-state index contributed by atoms with van der Waals surface area (Å²) in [4.78, 5) is 21.1. The van der Waals surface area contributed by atoms with Crippen molar-refractivity contribution >= 4 is 11.9 Å². The molecule has 4 heteroatoms. The summed E-state index contributed by atoms with van der Waals surface area (Å²) in [6.07, 6.45) is 0.729. The Morgan fingerprint density at radius 2 is 2.08 bits per heavy atom. The Morgan fingerprint density at radius 1 is 1.50 bits per heavy atom. The number of aliphatic hydroxyl groups excluding tert-OH is 1. The molecule has 1 N–H and O–H groups in total. The van der Waals surface area contributed by atoms with E-state index in [1.807, 2.05) is 6.92 Å². The van der Waals surface area contributed by atoms with E-state index in [-0.39, 0.29) is 18.9 Å². The first kappa shape index (κ1) is 11.1. The highest BCUT2D eigenvalue weighted by Crippen LogP contribution is 2.07. The molecule has 70 valence electrons. The largest absolute Gasteiger partial charge is 0.396 e. The molecule has 0 aliphatic heterocycles. The third kappa shape index (κ3) is 5.85. The number of esters is 2. The number of rotatable bonds is 4. The Bertz CT molecular complexity index is 164. The lowest BCUT2D eigenvalue weighted by Crippen LogP contribution is -2.13. The van der Waals surface area contributed by atoms with Crippen molar-refractivity contribution in [3.63, 3.8) is 0 Å². The fourth-order valence-corrected chi connectivity index (χ4v) is 0.809. The Hall–Kier alpha value is -0.900. The molecule has 0 rings (SSSR count). The summed E-state index contributed by atoms with van der Waals surface area (Å²) in [6, 6.07) is 0. The molecule has 0 aliphatic carbocycles. The highest BCUT2D eigenvalue weighted by atomic mass is 16.6. The molecule has 4 nitrogen and oxygen atoms in total. The van der Waals surface area contributed by atoms with E-state index in [0.29, 0.717) is 6.42 Å². The van der Waals surface area contributed by atoms with Gasteiger partial charge in [-0.3, -0.25) is 9.59 Å². The van der Waals surface area contributed by atoms with Crippen LogP contribution >= 0.6 is 0 Å². The Labute approximate surface area is 71.5 Å². The summed E-state index contributed by atoms with van der Waals surface area (Å²) in [5.41, 5.74) is 0. The number of hydrogen-bond donors (Lipinski definition) is 1. The zero-order valence-electron chi connectivity index (χ0n) is 7.37. The first-order chi connectivity index (χ1) is 5.56. The summed E-state index contributed by atoms with van der Waals surface area (Å²) in [5, 5.41) is 8.51. The van der Waals surface area contributed by atoms with Gasteiger partial charge in [-0.1, -0.05) is 6.92 Å². The van der Waals surface area contributed by atoms with Crippen molar-refractivity contribution in [3.05, 3.63) is 0 Å². The van der Waals surface area contributed by atoms with Crippen molar-refractivity contribution in [3.8, 4) is 0 Å². The highest BCUT2D eigenvalue weighted by Gasteiger charge is 2.11.